The minimum atomic E-state index is -0.235. The predicted molar refractivity (Wildman–Crippen MR) is 102 cm³/mol. The van der Waals surface area contributed by atoms with Crippen LogP contribution < -0.4 is 10.6 Å². The molecule has 0 spiro atoms. The fourth-order valence-electron chi connectivity index (χ4n) is 2.49. The van der Waals surface area contributed by atoms with Crippen LogP contribution in [0.25, 0.3) is 0 Å². The fraction of sp³-hybridized carbons (Fsp3) is 0.158. The lowest BCUT2D eigenvalue weighted by Gasteiger charge is -2.16. The van der Waals surface area contributed by atoms with Crippen molar-refractivity contribution in [3.8, 4) is 0 Å². The molecule has 0 aliphatic rings. The van der Waals surface area contributed by atoms with Gasteiger partial charge in [-0.2, -0.15) is 5.10 Å². The average molecular weight is 354 g/mol. The molecular formula is C19H19FN4S. The second kappa shape index (κ2) is 7.90. The molecule has 4 nitrogen and oxygen atoms in total. The Morgan fingerprint density at radius 3 is 2.60 bits per heavy atom. The van der Waals surface area contributed by atoms with E-state index < -0.39 is 0 Å². The van der Waals surface area contributed by atoms with Gasteiger partial charge in [-0.3, -0.25) is 4.68 Å². The van der Waals surface area contributed by atoms with Gasteiger partial charge in [0, 0.05) is 17.8 Å². The van der Waals surface area contributed by atoms with Crippen molar-refractivity contribution in [3.63, 3.8) is 0 Å². The van der Waals surface area contributed by atoms with E-state index in [1.807, 2.05) is 49.4 Å². The van der Waals surface area contributed by atoms with Gasteiger partial charge in [-0.15, -0.1) is 0 Å². The zero-order chi connectivity index (χ0) is 17.6. The first-order chi connectivity index (χ1) is 12.1. The van der Waals surface area contributed by atoms with Crippen LogP contribution in [0.15, 0.2) is 66.9 Å². The fourth-order valence-corrected chi connectivity index (χ4v) is 2.77. The van der Waals surface area contributed by atoms with E-state index in [0.29, 0.717) is 23.0 Å². The number of nitrogens with one attached hydrogen (secondary N) is 2. The summed E-state index contributed by atoms with van der Waals surface area (Å²) in [5.74, 6) is 0.385. The van der Waals surface area contributed by atoms with E-state index in [-0.39, 0.29) is 11.9 Å². The first kappa shape index (κ1) is 17.1. The SMILES string of the molecule is CC(NC(=S)Nc1ccn(Cc2ccccc2F)n1)c1ccccc1. The van der Waals surface area contributed by atoms with E-state index in [0.717, 1.165) is 5.56 Å². The Balaban J connectivity index is 1.58. The van der Waals surface area contributed by atoms with Crippen LogP contribution in [0.2, 0.25) is 0 Å². The number of thiocarbonyl (C=S) groups is 1. The van der Waals surface area contributed by atoms with Gasteiger partial charge in [0.15, 0.2) is 10.9 Å². The molecule has 0 aliphatic carbocycles. The van der Waals surface area contributed by atoms with Crippen LogP contribution in [0.3, 0.4) is 0 Å². The largest absolute Gasteiger partial charge is 0.356 e. The molecule has 0 saturated heterocycles. The summed E-state index contributed by atoms with van der Waals surface area (Å²) in [6.45, 7) is 2.41. The average Bonchev–Trinajstić information content (AvgIpc) is 3.04. The third-order valence-corrected chi connectivity index (χ3v) is 4.04. The molecule has 25 heavy (non-hydrogen) atoms. The van der Waals surface area contributed by atoms with Crippen LogP contribution in [0.5, 0.6) is 0 Å². The number of hydrogen-bond acceptors (Lipinski definition) is 2. The highest BCUT2D eigenvalue weighted by molar-refractivity contribution is 7.80. The second-order valence-corrected chi connectivity index (χ2v) is 6.13. The molecule has 2 N–H and O–H groups in total. The Morgan fingerprint density at radius 1 is 1.12 bits per heavy atom. The number of aromatic nitrogens is 2. The highest BCUT2D eigenvalue weighted by Gasteiger charge is 2.08. The second-order valence-electron chi connectivity index (χ2n) is 5.72. The molecule has 0 fully saturated rings. The van der Waals surface area contributed by atoms with E-state index in [9.17, 15) is 4.39 Å². The van der Waals surface area contributed by atoms with Gasteiger partial charge in [0.2, 0.25) is 0 Å². The lowest BCUT2D eigenvalue weighted by molar-refractivity contribution is 0.586. The lowest BCUT2D eigenvalue weighted by Crippen LogP contribution is -2.31. The van der Waals surface area contributed by atoms with Gasteiger partial charge < -0.3 is 10.6 Å². The summed E-state index contributed by atoms with van der Waals surface area (Å²) < 4.78 is 15.4. The van der Waals surface area contributed by atoms with Crippen molar-refractivity contribution in [1.29, 1.82) is 0 Å². The molecule has 0 bridgehead atoms. The number of hydrogen-bond donors (Lipinski definition) is 2. The zero-order valence-corrected chi connectivity index (χ0v) is 14.6. The monoisotopic (exact) mass is 354 g/mol. The molecule has 1 aromatic heterocycles. The Kier molecular flexibility index (Phi) is 5.40. The van der Waals surface area contributed by atoms with Crippen LogP contribution in [0.1, 0.15) is 24.1 Å². The minimum absolute atomic E-state index is 0.0849. The van der Waals surface area contributed by atoms with Crippen molar-refractivity contribution < 1.29 is 4.39 Å². The molecule has 0 amide bonds. The lowest BCUT2D eigenvalue weighted by atomic mass is 10.1. The molecule has 2 aromatic carbocycles. The normalized spacial score (nSPS) is 11.8. The molecule has 0 radical (unpaired) electrons. The first-order valence-corrected chi connectivity index (χ1v) is 8.42. The standard InChI is InChI=1S/C19H19FN4S/c1-14(15-7-3-2-4-8-15)21-19(25)22-18-11-12-24(23-18)13-16-9-5-6-10-17(16)20/h2-12,14H,13H2,1H3,(H2,21,22,23,25). The highest BCUT2D eigenvalue weighted by Crippen LogP contribution is 2.13. The van der Waals surface area contributed by atoms with E-state index in [1.54, 1.807) is 23.0 Å². The molecule has 1 unspecified atom stereocenters. The summed E-state index contributed by atoms with van der Waals surface area (Å²) in [5.41, 5.74) is 1.74. The van der Waals surface area contributed by atoms with Gasteiger partial charge in [-0.05, 0) is 30.8 Å². The van der Waals surface area contributed by atoms with E-state index >= 15 is 0 Å². The topological polar surface area (TPSA) is 41.9 Å². The van der Waals surface area contributed by atoms with Crippen molar-refractivity contribution in [2.75, 3.05) is 5.32 Å². The van der Waals surface area contributed by atoms with Crippen LogP contribution in [0.4, 0.5) is 10.2 Å². The molecule has 3 aromatic rings. The van der Waals surface area contributed by atoms with Crippen LogP contribution in [-0.4, -0.2) is 14.9 Å². The van der Waals surface area contributed by atoms with Crippen LogP contribution >= 0.6 is 12.2 Å². The van der Waals surface area contributed by atoms with Crippen molar-refractivity contribution >= 4 is 23.1 Å². The van der Waals surface area contributed by atoms with E-state index in [1.165, 1.54) is 6.07 Å². The van der Waals surface area contributed by atoms with Gasteiger partial charge in [0.25, 0.3) is 0 Å². The maximum atomic E-state index is 13.7. The third-order valence-electron chi connectivity index (χ3n) is 3.82. The first-order valence-electron chi connectivity index (χ1n) is 8.01. The van der Waals surface area contributed by atoms with Crippen molar-refractivity contribution in [2.45, 2.75) is 19.5 Å². The summed E-state index contributed by atoms with van der Waals surface area (Å²) in [6, 6.07) is 18.6. The van der Waals surface area contributed by atoms with E-state index in [4.69, 9.17) is 12.2 Å². The maximum absolute atomic E-state index is 13.7. The van der Waals surface area contributed by atoms with Gasteiger partial charge in [-0.25, -0.2) is 4.39 Å². The molecule has 6 heteroatoms. The van der Waals surface area contributed by atoms with Crippen LogP contribution in [-0.2, 0) is 6.54 Å². The highest BCUT2D eigenvalue weighted by atomic mass is 32.1. The summed E-state index contributed by atoms with van der Waals surface area (Å²) in [6.07, 6.45) is 1.79. The number of halogens is 1. The Bertz CT molecular complexity index is 847. The molecule has 0 saturated carbocycles. The van der Waals surface area contributed by atoms with Crippen LogP contribution in [0, 0.1) is 5.82 Å². The Hall–Kier alpha value is -2.73. The molecule has 3 rings (SSSR count). The molecule has 1 atom stereocenters. The van der Waals surface area contributed by atoms with Gasteiger partial charge in [0.05, 0.1) is 12.6 Å². The number of rotatable bonds is 5. The molecular weight excluding hydrogens is 335 g/mol. The molecule has 1 heterocycles. The van der Waals surface area contributed by atoms with Gasteiger partial charge in [0.1, 0.15) is 5.82 Å². The smallest absolute Gasteiger partial charge is 0.172 e. The summed E-state index contributed by atoms with van der Waals surface area (Å²) >= 11 is 5.34. The summed E-state index contributed by atoms with van der Waals surface area (Å²) in [4.78, 5) is 0. The number of nitrogens with zero attached hydrogens (tertiary/aromatic N) is 2. The predicted octanol–water partition coefficient (Wildman–Crippen LogP) is 4.12. The van der Waals surface area contributed by atoms with Crippen molar-refractivity contribution in [3.05, 3.63) is 83.8 Å². The van der Waals surface area contributed by atoms with E-state index in [2.05, 4.69) is 15.7 Å². The van der Waals surface area contributed by atoms with Crippen molar-refractivity contribution in [2.24, 2.45) is 0 Å². The summed E-state index contributed by atoms with van der Waals surface area (Å²) in [5, 5.41) is 11.2. The summed E-state index contributed by atoms with van der Waals surface area (Å²) in [7, 11) is 0. The Labute approximate surface area is 151 Å². The number of benzene rings is 2. The van der Waals surface area contributed by atoms with Gasteiger partial charge >= 0.3 is 0 Å². The number of anilines is 1. The molecule has 128 valence electrons. The maximum Gasteiger partial charge on any atom is 0.172 e. The van der Waals surface area contributed by atoms with Gasteiger partial charge in [-0.1, -0.05) is 48.5 Å². The van der Waals surface area contributed by atoms with Crippen molar-refractivity contribution in [1.82, 2.24) is 15.1 Å². The minimum Gasteiger partial charge on any atom is -0.356 e. The Morgan fingerprint density at radius 2 is 1.84 bits per heavy atom. The zero-order valence-electron chi connectivity index (χ0n) is 13.8. The molecule has 0 aliphatic heterocycles. The third kappa shape index (κ3) is 4.64. The quantitative estimate of drug-likeness (QED) is 0.677.